The van der Waals surface area contributed by atoms with Gasteiger partial charge in [0.2, 0.25) is 0 Å². The zero-order chi connectivity index (χ0) is 12.3. The number of likely N-dealkylation sites (N-methyl/N-ethyl adjacent to an activating group) is 1. The summed E-state index contributed by atoms with van der Waals surface area (Å²) in [6.45, 7) is 4.87. The summed E-state index contributed by atoms with van der Waals surface area (Å²) >= 11 is 0. The molecule has 94 valence electrons. The molecule has 1 aliphatic carbocycles. The van der Waals surface area contributed by atoms with Gasteiger partial charge in [0.25, 0.3) is 5.91 Å². The molecule has 0 aromatic carbocycles. The average Bonchev–Trinajstić information content (AvgIpc) is 1.95. The average molecular weight is 228 g/mol. The highest BCUT2D eigenvalue weighted by Crippen LogP contribution is 2.20. The molecule has 0 radical (unpaired) electrons. The number of carbonyl (C=O) groups is 1. The Morgan fingerprint density at radius 2 is 1.81 bits per heavy atom. The molecule has 1 rings (SSSR count). The van der Waals surface area contributed by atoms with Crippen molar-refractivity contribution in [2.24, 2.45) is 0 Å². The van der Waals surface area contributed by atoms with Gasteiger partial charge in [0.1, 0.15) is 0 Å². The molecule has 1 fully saturated rings. The van der Waals surface area contributed by atoms with Crippen LogP contribution >= 0.6 is 0 Å². The third-order valence-electron chi connectivity index (χ3n) is 2.69. The minimum Gasteiger partial charge on any atom is -0.348 e. The predicted octanol–water partition coefficient (Wildman–Crippen LogP) is 0.338. The molecule has 0 atom stereocenters. The van der Waals surface area contributed by atoms with Crippen molar-refractivity contribution in [2.75, 3.05) is 27.7 Å². The van der Waals surface area contributed by atoms with Crippen LogP contribution in [0.3, 0.4) is 0 Å². The Morgan fingerprint density at radius 1 is 1.25 bits per heavy atom. The van der Waals surface area contributed by atoms with E-state index >= 15 is 0 Å². The molecule has 0 bridgehead atoms. The van der Waals surface area contributed by atoms with Gasteiger partial charge in [-0.05, 0) is 12.8 Å². The first-order valence-electron chi connectivity index (χ1n) is 6.12. The largest absolute Gasteiger partial charge is 0.348 e. The van der Waals surface area contributed by atoms with Crippen LogP contribution in [-0.4, -0.2) is 56.2 Å². The number of hydrogen-bond donors (Lipinski definition) is 2. The highest BCUT2D eigenvalue weighted by Gasteiger charge is 2.31. The predicted molar refractivity (Wildman–Crippen MR) is 66.1 cm³/mol. The van der Waals surface area contributed by atoms with Gasteiger partial charge in [-0.2, -0.15) is 0 Å². The highest BCUT2D eigenvalue weighted by molar-refractivity contribution is 5.77. The first-order chi connectivity index (χ1) is 7.26. The van der Waals surface area contributed by atoms with Crippen LogP contribution in [0.25, 0.3) is 0 Å². The van der Waals surface area contributed by atoms with E-state index in [1.54, 1.807) is 0 Å². The standard InChI is InChI=1S/C12H25N3O/c1-9(2)13-10-6-11(7-10)14-12(16)8-15(3,4)5/h9-11,13H,6-8H2,1-5H3/p+1. The molecule has 1 aliphatic rings. The fourth-order valence-corrected chi connectivity index (χ4v) is 2.05. The maximum absolute atomic E-state index is 11.6. The third kappa shape index (κ3) is 4.94. The third-order valence-corrected chi connectivity index (χ3v) is 2.69. The number of quaternary nitrogens is 1. The van der Waals surface area contributed by atoms with E-state index in [4.69, 9.17) is 0 Å². The number of rotatable bonds is 5. The molecule has 0 spiro atoms. The maximum atomic E-state index is 11.6. The first kappa shape index (κ1) is 13.5. The summed E-state index contributed by atoms with van der Waals surface area (Å²) in [7, 11) is 6.09. The molecule has 0 heterocycles. The number of carbonyl (C=O) groups excluding carboxylic acids is 1. The van der Waals surface area contributed by atoms with Crippen molar-refractivity contribution in [3.63, 3.8) is 0 Å². The van der Waals surface area contributed by atoms with Crippen molar-refractivity contribution >= 4 is 5.91 Å². The normalized spacial score (nSPS) is 25.4. The van der Waals surface area contributed by atoms with Gasteiger partial charge in [0.15, 0.2) is 6.54 Å². The lowest BCUT2D eigenvalue weighted by molar-refractivity contribution is -0.862. The van der Waals surface area contributed by atoms with E-state index in [1.807, 2.05) is 21.1 Å². The molecule has 0 unspecified atom stereocenters. The summed E-state index contributed by atoms with van der Waals surface area (Å²) in [6, 6.07) is 1.51. The van der Waals surface area contributed by atoms with Crippen molar-refractivity contribution in [1.29, 1.82) is 0 Å². The quantitative estimate of drug-likeness (QED) is 0.666. The van der Waals surface area contributed by atoms with Gasteiger partial charge in [-0.15, -0.1) is 0 Å². The lowest BCUT2D eigenvalue weighted by Gasteiger charge is -2.38. The summed E-state index contributed by atoms with van der Waals surface area (Å²) in [6.07, 6.45) is 2.14. The molecule has 4 heteroatoms. The second-order valence-electron chi connectivity index (χ2n) is 6.20. The van der Waals surface area contributed by atoms with Crippen molar-refractivity contribution in [2.45, 2.75) is 44.8 Å². The van der Waals surface area contributed by atoms with Crippen LogP contribution in [0.15, 0.2) is 0 Å². The van der Waals surface area contributed by atoms with E-state index in [0.29, 0.717) is 29.2 Å². The van der Waals surface area contributed by atoms with Crippen molar-refractivity contribution in [3.05, 3.63) is 0 Å². The van der Waals surface area contributed by atoms with Crippen LogP contribution in [0.2, 0.25) is 0 Å². The molecular weight excluding hydrogens is 202 g/mol. The summed E-state index contributed by atoms with van der Waals surface area (Å²) in [5.41, 5.74) is 0. The molecule has 0 aliphatic heterocycles. The van der Waals surface area contributed by atoms with Crippen LogP contribution in [0, 0.1) is 0 Å². The lowest BCUT2D eigenvalue weighted by Crippen LogP contribution is -2.56. The smallest absolute Gasteiger partial charge is 0.275 e. The van der Waals surface area contributed by atoms with Crippen molar-refractivity contribution in [3.8, 4) is 0 Å². The van der Waals surface area contributed by atoms with Crippen LogP contribution in [-0.2, 0) is 4.79 Å². The molecule has 16 heavy (non-hydrogen) atoms. The molecule has 4 nitrogen and oxygen atoms in total. The SMILES string of the molecule is CC(C)NC1CC(NC(=O)C[N+](C)(C)C)C1. The molecule has 0 aromatic heterocycles. The molecule has 1 saturated carbocycles. The molecular formula is C12H26N3O+. The number of hydrogen-bond acceptors (Lipinski definition) is 2. The monoisotopic (exact) mass is 228 g/mol. The van der Waals surface area contributed by atoms with Gasteiger partial charge in [0, 0.05) is 18.1 Å². The summed E-state index contributed by atoms with van der Waals surface area (Å²) in [4.78, 5) is 11.6. The van der Waals surface area contributed by atoms with Gasteiger partial charge in [-0.3, -0.25) is 4.79 Å². The van der Waals surface area contributed by atoms with E-state index in [-0.39, 0.29) is 5.91 Å². The number of nitrogens with zero attached hydrogens (tertiary/aromatic N) is 1. The Labute approximate surface area is 99.0 Å². The van der Waals surface area contributed by atoms with Gasteiger partial charge >= 0.3 is 0 Å². The second-order valence-corrected chi connectivity index (χ2v) is 6.20. The van der Waals surface area contributed by atoms with Gasteiger partial charge in [-0.1, -0.05) is 13.8 Å². The Morgan fingerprint density at radius 3 is 2.25 bits per heavy atom. The minimum absolute atomic E-state index is 0.167. The fourth-order valence-electron chi connectivity index (χ4n) is 2.05. The Kier molecular flexibility index (Phi) is 4.33. The fraction of sp³-hybridized carbons (Fsp3) is 0.917. The summed E-state index contributed by atoms with van der Waals surface area (Å²) in [5, 5.41) is 6.56. The van der Waals surface area contributed by atoms with Gasteiger partial charge in [0.05, 0.1) is 21.1 Å². The van der Waals surface area contributed by atoms with E-state index in [0.717, 1.165) is 12.8 Å². The van der Waals surface area contributed by atoms with E-state index < -0.39 is 0 Å². The zero-order valence-electron chi connectivity index (χ0n) is 11.2. The van der Waals surface area contributed by atoms with Gasteiger partial charge < -0.3 is 15.1 Å². The van der Waals surface area contributed by atoms with Crippen LogP contribution < -0.4 is 10.6 Å². The zero-order valence-corrected chi connectivity index (χ0v) is 11.2. The first-order valence-corrected chi connectivity index (χ1v) is 6.12. The molecule has 0 aromatic rings. The number of amides is 1. The van der Waals surface area contributed by atoms with Crippen LogP contribution in [0.4, 0.5) is 0 Å². The highest BCUT2D eigenvalue weighted by atomic mass is 16.2. The maximum Gasteiger partial charge on any atom is 0.275 e. The van der Waals surface area contributed by atoms with Gasteiger partial charge in [-0.25, -0.2) is 0 Å². The van der Waals surface area contributed by atoms with E-state index in [1.165, 1.54) is 0 Å². The van der Waals surface area contributed by atoms with E-state index in [2.05, 4.69) is 24.5 Å². The summed E-state index contributed by atoms with van der Waals surface area (Å²) in [5.74, 6) is 0.167. The van der Waals surface area contributed by atoms with Crippen molar-refractivity contribution < 1.29 is 9.28 Å². The Hall–Kier alpha value is -0.610. The number of nitrogens with one attached hydrogen (secondary N) is 2. The minimum atomic E-state index is 0.167. The van der Waals surface area contributed by atoms with Crippen LogP contribution in [0.5, 0.6) is 0 Å². The Balaban J connectivity index is 2.15. The molecule has 1 amide bonds. The molecule has 0 saturated heterocycles. The van der Waals surface area contributed by atoms with Crippen molar-refractivity contribution in [1.82, 2.24) is 10.6 Å². The van der Waals surface area contributed by atoms with Crippen LogP contribution in [0.1, 0.15) is 26.7 Å². The second kappa shape index (κ2) is 5.15. The lowest BCUT2D eigenvalue weighted by atomic mass is 9.86. The Bertz CT molecular complexity index is 239. The summed E-state index contributed by atoms with van der Waals surface area (Å²) < 4.78 is 0.687. The van der Waals surface area contributed by atoms with E-state index in [9.17, 15) is 4.79 Å². The topological polar surface area (TPSA) is 41.1 Å². The molecule has 2 N–H and O–H groups in total.